The average molecular weight is 187 g/mol. The molecule has 0 saturated heterocycles. The van der Waals surface area contributed by atoms with E-state index in [1.54, 1.807) is 0 Å². The first-order chi connectivity index (χ1) is 6.24. The number of nitrogens with two attached hydrogens (primary N) is 1. The summed E-state index contributed by atoms with van der Waals surface area (Å²) in [5, 5.41) is 0. The molecular formula is C9H21N3O. The van der Waals surface area contributed by atoms with Crippen LogP contribution in [0.25, 0.3) is 0 Å². The van der Waals surface area contributed by atoms with Crippen molar-refractivity contribution in [1.29, 1.82) is 0 Å². The van der Waals surface area contributed by atoms with Crippen molar-refractivity contribution in [2.24, 2.45) is 5.84 Å². The van der Waals surface area contributed by atoms with Crippen LogP contribution in [-0.2, 0) is 4.79 Å². The Morgan fingerprint density at radius 3 is 2.54 bits per heavy atom. The van der Waals surface area contributed by atoms with Gasteiger partial charge in [0.05, 0.1) is 0 Å². The minimum atomic E-state index is -0.0763. The highest BCUT2D eigenvalue weighted by Gasteiger charge is 2.02. The van der Waals surface area contributed by atoms with E-state index in [0.717, 1.165) is 32.5 Å². The van der Waals surface area contributed by atoms with E-state index < -0.39 is 0 Å². The molecule has 3 N–H and O–H groups in total. The van der Waals surface area contributed by atoms with Crippen molar-refractivity contribution in [1.82, 2.24) is 10.3 Å². The molecule has 0 aliphatic carbocycles. The molecule has 0 rings (SSSR count). The molecule has 0 aromatic rings. The topological polar surface area (TPSA) is 58.4 Å². The van der Waals surface area contributed by atoms with Crippen LogP contribution < -0.4 is 11.3 Å². The Balaban J connectivity index is 3.42. The molecule has 0 atom stereocenters. The zero-order valence-corrected chi connectivity index (χ0v) is 8.68. The molecule has 0 bridgehead atoms. The Labute approximate surface area is 80.4 Å². The second kappa shape index (κ2) is 8.01. The van der Waals surface area contributed by atoms with E-state index in [9.17, 15) is 4.79 Å². The van der Waals surface area contributed by atoms with Crippen LogP contribution in [0, 0.1) is 0 Å². The van der Waals surface area contributed by atoms with Gasteiger partial charge in [0, 0.05) is 6.42 Å². The lowest BCUT2D eigenvalue weighted by Crippen LogP contribution is -2.31. The largest absolute Gasteiger partial charge is 0.304 e. The van der Waals surface area contributed by atoms with Crippen LogP contribution in [0.3, 0.4) is 0 Å². The first-order valence-corrected chi connectivity index (χ1v) is 4.96. The number of nitrogens with one attached hydrogen (secondary N) is 1. The highest BCUT2D eigenvalue weighted by Crippen LogP contribution is 1.96. The van der Waals surface area contributed by atoms with E-state index in [2.05, 4.69) is 24.2 Å². The lowest BCUT2D eigenvalue weighted by atomic mass is 10.2. The molecule has 0 saturated carbocycles. The standard InChI is InChI=1S/C9H21N3O/c1-3-7-12(4-2)8-5-6-9(13)11-10/h3-8,10H2,1-2H3,(H,11,13). The van der Waals surface area contributed by atoms with Crippen LogP contribution in [0.2, 0.25) is 0 Å². The van der Waals surface area contributed by atoms with E-state index in [1.807, 2.05) is 0 Å². The third-order valence-corrected chi connectivity index (χ3v) is 2.03. The molecule has 13 heavy (non-hydrogen) atoms. The van der Waals surface area contributed by atoms with Crippen molar-refractivity contribution in [3.63, 3.8) is 0 Å². The Bertz CT molecular complexity index is 139. The van der Waals surface area contributed by atoms with Crippen molar-refractivity contribution >= 4 is 5.91 Å². The predicted molar refractivity (Wildman–Crippen MR) is 54.0 cm³/mol. The van der Waals surface area contributed by atoms with E-state index in [0.29, 0.717) is 6.42 Å². The highest BCUT2D eigenvalue weighted by atomic mass is 16.2. The van der Waals surface area contributed by atoms with Gasteiger partial charge in [-0.25, -0.2) is 5.84 Å². The fourth-order valence-electron chi connectivity index (χ4n) is 1.28. The maximum atomic E-state index is 10.8. The number of nitrogens with zero attached hydrogens (tertiary/aromatic N) is 1. The zero-order chi connectivity index (χ0) is 10.1. The van der Waals surface area contributed by atoms with Gasteiger partial charge in [0.25, 0.3) is 0 Å². The lowest BCUT2D eigenvalue weighted by molar-refractivity contribution is -0.121. The number of hydrogen-bond acceptors (Lipinski definition) is 3. The first-order valence-electron chi connectivity index (χ1n) is 4.96. The SMILES string of the molecule is CCCN(CC)CCCC(=O)NN. The van der Waals surface area contributed by atoms with Crippen molar-refractivity contribution < 1.29 is 4.79 Å². The smallest absolute Gasteiger partial charge is 0.233 e. The molecule has 4 nitrogen and oxygen atoms in total. The average Bonchev–Trinajstić information content (AvgIpc) is 2.16. The molecule has 1 amide bonds. The van der Waals surface area contributed by atoms with Gasteiger partial charge in [-0.1, -0.05) is 13.8 Å². The van der Waals surface area contributed by atoms with Gasteiger partial charge in [-0.15, -0.1) is 0 Å². The molecule has 4 heteroatoms. The first kappa shape index (κ1) is 12.4. The molecule has 0 spiro atoms. The quantitative estimate of drug-likeness (QED) is 0.346. The number of hydrogen-bond donors (Lipinski definition) is 2. The van der Waals surface area contributed by atoms with Gasteiger partial charge < -0.3 is 4.90 Å². The minimum absolute atomic E-state index is 0.0763. The molecule has 0 heterocycles. The second-order valence-electron chi connectivity index (χ2n) is 3.11. The Morgan fingerprint density at radius 1 is 1.38 bits per heavy atom. The number of rotatable bonds is 7. The maximum absolute atomic E-state index is 10.8. The third kappa shape index (κ3) is 6.54. The normalized spacial score (nSPS) is 10.5. The number of amides is 1. The molecule has 0 unspecified atom stereocenters. The maximum Gasteiger partial charge on any atom is 0.233 e. The molecule has 78 valence electrons. The molecular weight excluding hydrogens is 166 g/mol. The van der Waals surface area contributed by atoms with Gasteiger partial charge in [-0.2, -0.15) is 0 Å². The second-order valence-corrected chi connectivity index (χ2v) is 3.11. The van der Waals surface area contributed by atoms with E-state index in [-0.39, 0.29) is 5.91 Å². The van der Waals surface area contributed by atoms with Crippen molar-refractivity contribution in [2.75, 3.05) is 19.6 Å². The Kier molecular flexibility index (Phi) is 7.63. The molecule has 0 aromatic heterocycles. The van der Waals surface area contributed by atoms with E-state index in [4.69, 9.17) is 5.84 Å². The molecule has 0 aliphatic heterocycles. The van der Waals surface area contributed by atoms with Crippen LogP contribution in [-0.4, -0.2) is 30.4 Å². The van der Waals surface area contributed by atoms with Gasteiger partial charge in [0.2, 0.25) is 5.91 Å². The van der Waals surface area contributed by atoms with Crippen LogP contribution in [0.1, 0.15) is 33.1 Å². The van der Waals surface area contributed by atoms with Gasteiger partial charge in [0.1, 0.15) is 0 Å². The summed E-state index contributed by atoms with van der Waals surface area (Å²) in [5.41, 5.74) is 2.13. The molecule has 0 fully saturated rings. The van der Waals surface area contributed by atoms with Crippen LogP contribution >= 0.6 is 0 Å². The Morgan fingerprint density at radius 2 is 2.08 bits per heavy atom. The van der Waals surface area contributed by atoms with E-state index in [1.165, 1.54) is 0 Å². The predicted octanol–water partition coefficient (Wildman–Crippen LogP) is 0.488. The molecule has 0 aromatic carbocycles. The van der Waals surface area contributed by atoms with Crippen LogP contribution in [0.4, 0.5) is 0 Å². The lowest BCUT2D eigenvalue weighted by Gasteiger charge is -2.18. The number of hydrazine groups is 1. The van der Waals surface area contributed by atoms with E-state index >= 15 is 0 Å². The fraction of sp³-hybridized carbons (Fsp3) is 0.889. The van der Waals surface area contributed by atoms with Crippen molar-refractivity contribution in [2.45, 2.75) is 33.1 Å². The highest BCUT2D eigenvalue weighted by molar-refractivity contribution is 5.75. The summed E-state index contributed by atoms with van der Waals surface area (Å²) in [5.74, 6) is 4.89. The summed E-state index contributed by atoms with van der Waals surface area (Å²) in [6.45, 7) is 7.45. The van der Waals surface area contributed by atoms with Gasteiger partial charge in [-0.05, 0) is 32.5 Å². The summed E-state index contributed by atoms with van der Waals surface area (Å²) >= 11 is 0. The van der Waals surface area contributed by atoms with Gasteiger partial charge >= 0.3 is 0 Å². The monoisotopic (exact) mass is 187 g/mol. The fourth-order valence-corrected chi connectivity index (χ4v) is 1.28. The molecule has 0 radical (unpaired) electrons. The summed E-state index contributed by atoms with van der Waals surface area (Å²) in [6, 6.07) is 0. The van der Waals surface area contributed by atoms with Crippen LogP contribution in [0.15, 0.2) is 0 Å². The third-order valence-electron chi connectivity index (χ3n) is 2.03. The number of carbonyl (C=O) groups excluding carboxylic acids is 1. The zero-order valence-electron chi connectivity index (χ0n) is 8.68. The van der Waals surface area contributed by atoms with Crippen LogP contribution in [0.5, 0.6) is 0 Å². The van der Waals surface area contributed by atoms with Crippen molar-refractivity contribution in [3.05, 3.63) is 0 Å². The summed E-state index contributed by atoms with van der Waals surface area (Å²) in [6.07, 6.45) is 2.57. The summed E-state index contributed by atoms with van der Waals surface area (Å²) < 4.78 is 0. The number of carbonyl (C=O) groups is 1. The molecule has 0 aliphatic rings. The minimum Gasteiger partial charge on any atom is -0.304 e. The van der Waals surface area contributed by atoms with Gasteiger partial charge in [0.15, 0.2) is 0 Å². The van der Waals surface area contributed by atoms with Crippen molar-refractivity contribution in [3.8, 4) is 0 Å². The summed E-state index contributed by atoms with van der Waals surface area (Å²) in [4.78, 5) is 13.1. The Hall–Kier alpha value is -0.610. The van der Waals surface area contributed by atoms with Gasteiger partial charge in [-0.3, -0.25) is 10.2 Å². The summed E-state index contributed by atoms with van der Waals surface area (Å²) in [7, 11) is 0.